The number of nitrogens with zero attached hydrogens (tertiary/aromatic N) is 2. The molecule has 0 spiro atoms. The number of carboxylic acid groups (broad SMARTS) is 2. The maximum Gasteiger partial charge on any atom is 0.430 e. The highest BCUT2D eigenvalue weighted by atomic mass is 32.2. The molecule has 0 aromatic heterocycles. The fraction of sp³-hybridized carbons (Fsp3) is 0.750. The van der Waals surface area contributed by atoms with Crippen molar-refractivity contribution in [2.45, 2.75) is 164 Å². The molecule has 0 heterocycles. The third kappa shape index (κ3) is 23.9. The molecule has 70 heavy (non-hydrogen) atoms. The first-order valence-corrected chi connectivity index (χ1v) is 24.9. The van der Waals surface area contributed by atoms with Crippen LogP contribution >= 0.6 is 11.8 Å². The fourth-order valence-corrected chi connectivity index (χ4v) is 7.02. The second-order valence-electron chi connectivity index (χ2n) is 18.6. The van der Waals surface area contributed by atoms with Crippen LogP contribution in [0.15, 0.2) is 23.3 Å². The zero-order valence-electron chi connectivity index (χ0n) is 44.2. The van der Waals surface area contributed by atoms with Gasteiger partial charge in [-0.3, -0.25) is 19.2 Å². The van der Waals surface area contributed by atoms with Crippen LogP contribution in [0.5, 0.6) is 0 Å². The van der Waals surface area contributed by atoms with Gasteiger partial charge in [0.05, 0.1) is 25.6 Å². The minimum Gasteiger partial charge on any atom is -0.542 e. The topological polar surface area (TPSA) is 255 Å². The van der Waals surface area contributed by atoms with Gasteiger partial charge in [0.2, 0.25) is 17.7 Å². The number of hydrogen-bond donors (Lipinski definition) is 4. The summed E-state index contributed by atoms with van der Waals surface area (Å²) in [4.78, 5) is 104. The first-order valence-electron chi connectivity index (χ1n) is 23.5. The molecule has 5 N–H and O–H groups in total. The number of carbonyl (C=O) groups excluding carboxylic acids is 7. The van der Waals surface area contributed by atoms with Crippen molar-refractivity contribution in [2.75, 3.05) is 39.9 Å². The Kier molecular flexibility index (Phi) is 31.8. The molecule has 0 saturated carbocycles. The molecule has 0 aliphatic carbocycles. The van der Waals surface area contributed by atoms with Crippen molar-refractivity contribution in [3.05, 3.63) is 23.3 Å². The lowest BCUT2D eigenvalue weighted by molar-refractivity contribution is -0.648. The van der Waals surface area contributed by atoms with E-state index in [9.17, 15) is 51.8 Å². The van der Waals surface area contributed by atoms with Crippen molar-refractivity contribution in [1.82, 2.24) is 20.4 Å². The number of nitrogens with two attached hydrogens (primary N) is 1. The number of alkyl halides is 3. The average molecular weight is 1030 g/mol. The molecule has 0 saturated heterocycles. The van der Waals surface area contributed by atoms with Crippen molar-refractivity contribution in [3.8, 4) is 0 Å². The summed E-state index contributed by atoms with van der Waals surface area (Å²) in [6.45, 7) is 23.1. The van der Waals surface area contributed by atoms with Gasteiger partial charge in [0.15, 0.2) is 12.1 Å². The molecule has 0 bridgehead atoms. The number of carboxylic acids is 2. The standard InChI is InChI=1S/C46H81N5O11S.C2HF3O2/c1-18-20-30(10)39(61-46(59)33(13)47-14)32(12)35(60-25-63-17)22-21-31(11)45(58)62-40(29(9)19-2)41(53)49-37(27(5)6)43(55)51(16)34(23-26(3)4)42(54)50(15)24-36(52)48-38(28(7)8)44(56)57;3-2(4,5)1(6)7/h20-21,26-29,32-35,37-40,47H,18-19,22-25H2,1-17H3,(H,48,52)(H,49,53)(H,56,57);(H,6,7)/b30-20+,31-21+;/t29-,32-,33-,34+,35-,37-,38-,39+,40+;/m0./s1. The zero-order chi connectivity index (χ0) is 55.0. The number of nitrogens with one attached hydrogen (secondary N) is 2. The first-order chi connectivity index (χ1) is 32.2. The SMILES string of the molecule is CC/C=C(\C)[C@@H](OC(=O)[C@H](C)[NH2+]C)[C@@H](C)[C@H](C/C=C(\C)C(=O)O[C@@H](C(=O)N[C@H](C(=O)N(C)[C@H](CC(C)C)C(=O)N(C)CC(=O)N[C@H](C(=O)O)C(C)C)C(C)C)[C@@H](C)CC)OCSC.O=C([O-])C(F)(F)F. The number of thioether (sulfide) groups is 1. The number of rotatable bonds is 29. The van der Waals surface area contributed by atoms with E-state index in [1.165, 1.54) is 30.8 Å². The van der Waals surface area contributed by atoms with E-state index in [4.69, 9.17) is 24.1 Å². The van der Waals surface area contributed by atoms with Crippen molar-refractivity contribution in [3.63, 3.8) is 0 Å². The quantitative estimate of drug-likeness (QED) is 0.0363. The van der Waals surface area contributed by atoms with Gasteiger partial charge in [0, 0.05) is 31.5 Å². The van der Waals surface area contributed by atoms with Gasteiger partial charge < -0.3 is 55.0 Å². The van der Waals surface area contributed by atoms with Gasteiger partial charge in [-0.05, 0) is 76.0 Å². The highest BCUT2D eigenvalue weighted by Crippen LogP contribution is 2.27. The zero-order valence-corrected chi connectivity index (χ0v) is 45.0. The number of ether oxygens (including phenoxy) is 3. The van der Waals surface area contributed by atoms with E-state index in [1.807, 2.05) is 60.9 Å². The summed E-state index contributed by atoms with van der Waals surface area (Å²) in [6, 6.07) is -3.65. The minimum atomic E-state index is -5.19. The molecule has 0 aliphatic heterocycles. The predicted octanol–water partition coefficient (Wildman–Crippen LogP) is 3.47. The van der Waals surface area contributed by atoms with Crippen molar-refractivity contribution in [2.24, 2.45) is 29.6 Å². The second-order valence-corrected chi connectivity index (χ2v) is 19.4. The molecule has 9 atom stereocenters. The van der Waals surface area contributed by atoms with Crippen molar-refractivity contribution in [1.29, 1.82) is 0 Å². The number of amides is 4. The Hall–Kier alpha value is -4.70. The summed E-state index contributed by atoms with van der Waals surface area (Å²) < 4.78 is 49.7. The number of likely N-dealkylation sites (N-methyl/N-ethyl adjacent to an activating group) is 3. The van der Waals surface area contributed by atoms with Crippen LogP contribution in [0.25, 0.3) is 0 Å². The molecule has 0 aliphatic rings. The third-order valence-corrected chi connectivity index (χ3v) is 11.8. The molecule has 0 aromatic carbocycles. The van der Waals surface area contributed by atoms with Gasteiger partial charge >= 0.3 is 24.1 Å². The number of esters is 2. The van der Waals surface area contributed by atoms with Crippen LogP contribution in [-0.4, -0.2) is 151 Å². The molecule has 0 aromatic rings. The Morgan fingerprint density at radius 3 is 1.80 bits per heavy atom. The highest BCUT2D eigenvalue weighted by Gasteiger charge is 2.39. The summed E-state index contributed by atoms with van der Waals surface area (Å²) in [6.07, 6.45) is -0.0517. The smallest absolute Gasteiger partial charge is 0.430 e. The van der Waals surface area contributed by atoms with Gasteiger partial charge in [-0.2, -0.15) is 13.2 Å². The summed E-state index contributed by atoms with van der Waals surface area (Å²) in [5.41, 5.74) is 1.15. The van der Waals surface area contributed by atoms with E-state index < -0.39 is 114 Å². The van der Waals surface area contributed by atoms with Gasteiger partial charge in [-0.25, -0.2) is 14.4 Å². The lowest BCUT2D eigenvalue weighted by Gasteiger charge is -2.35. The number of aliphatic carboxylic acids is 2. The molecule has 404 valence electrons. The van der Waals surface area contributed by atoms with E-state index in [0.29, 0.717) is 18.8 Å². The largest absolute Gasteiger partial charge is 0.542 e. The molecule has 4 amide bonds. The second kappa shape index (κ2) is 33.0. The Bertz CT molecular complexity index is 1780. The fourth-order valence-electron chi connectivity index (χ4n) is 6.71. The summed E-state index contributed by atoms with van der Waals surface area (Å²) in [5.74, 6) is -8.88. The summed E-state index contributed by atoms with van der Waals surface area (Å²) >= 11 is 1.50. The maximum atomic E-state index is 14.2. The van der Waals surface area contributed by atoms with E-state index in [0.717, 1.165) is 16.9 Å². The number of carbonyl (C=O) groups is 8. The highest BCUT2D eigenvalue weighted by molar-refractivity contribution is 7.98. The molecule has 0 fully saturated rings. The number of halogens is 3. The van der Waals surface area contributed by atoms with Gasteiger partial charge in [-0.1, -0.05) is 81.4 Å². The number of quaternary nitrogens is 1. The van der Waals surface area contributed by atoms with Gasteiger partial charge in [-0.15, -0.1) is 11.8 Å². The first kappa shape index (κ1) is 67.4. The van der Waals surface area contributed by atoms with Crippen LogP contribution in [0, 0.1) is 29.6 Å². The van der Waals surface area contributed by atoms with E-state index in [-0.39, 0.29) is 29.8 Å². The number of allylic oxidation sites excluding steroid dienone is 1. The van der Waals surface area contributed by atoms with Gasteiger partial charge in [0.25, 0.3) is 5.91 Å². The van der Waals surface area contributed by atoms with E-state index in [2.05, 4.69) is 10.6 Å². The lowest BCUT2D eigenvalue weighted by Crippen LogP contribution is -2.87. The van der Waals surface area contributed by atoms with Crippen LogP contribution < -0.4 is 21.1 Å². The monoisotopic (exact) mass is 1030 g/mol. The normalized spacial score (nSPS) is 16.0. The maximum absolute atomic E-state index is 14.2. The predicted molar refractivity (Wildman–Crippen MR) is 257 cm³/mol. The van der Waals surface area contributed by atoms with Crippen molar-refractivity contribution < 1.29 is 81.3 Å². The van der Waals surface area contributed by atoms with Crippen LogP contribution in [0.2, 0.25) is 0 Å². The third-order valence-electron chi connectivity index (χ3n) is 11.4. The van der Waals surface area contributed by atoms with E-state index >= 15 is 0 Å². The minimum absolute atomic E-state index is 0.0451. The summed E-state index contributed by atoms with van der Waals surface area (Å²) in [7, 11) is 4.69. The van der Waals surface area contributed by atoms with Crippen LogP contribution in [0.3, 0.4) is 0 Å². The average Bonchev–Trinajstić information content (AvgIpc) is 3.27. The summed E-state index contributed by atoms with van der Waals surface area (Å²) in [5, 5.41) is 25.3. The molecule has 22 heteroatoms. The molecule has 0 unspecified atom stereocenters. The van der Waals surface area contributed by atoms with Crippen LogP contribution in [0.1, 0.15) is 116 Å². The van der Waals surface area contributed by atoms with Gasteiger partial charge in [0.1, 0.15) is 30.2 Å². The van der Waals surface area contributed by atoms with Crippen molar-refractivity contribution >= 4 is 59.3 Å². The molecule has 0 rings (SSSR count). The van der Waals surface area contributed by atoms with Crippen LogP contribution in [-0.2, 0) is 52.6 Å². The Labute approximate surface area is 417 Å². The Morgan fingerprint density at radius 2 is 1.37 bits per heavy atom. The Balaban J connectivity index is 0. The molecule has 18 nitrogen and oxygen atoms in total. The number of hydrogen-bond acceptors (Lipinski definition) is 13. The molecular weight excluding hydrogens is 944 g/mol. The lowest BCUT2D eigenvalue weighted by atomic mass is 9.90. The van der Waals surface area contributed by atoms with E-state index in [1.54, 1.807) is 59.9 Å². The van der Waals surface area contributed by atoms with Crippen LogP contribution in [0.4, 0.5) is 13.2 Å². The Morgan fingerprint density at radius 1 is 0.829 bits per heavy atom. The molecular formula is C48H82F3N5O13S. The molecule has 0 radical (unpaired) electrons.